The number of halogens is 1. The van der Waals surface area contributed by atoms with E-state index in [1.165, 1.54) is 25.7 Å². The second kappa shape index (κ2) is 5.42. The summed E-state index contributed by atoms with van der Waals surface area (Å²) in [5, 5.41) is 13.2. The third-order valence-corrected chi connectivity index (χ3v) is 3.83. The number of benzene rings is 1. The predicted molar refractivity (Wildman–Crippen MR) is 71.2 cm³/mol. The lowest BCUT2D eigenvalue weighted by Crippen LogP contribution is -2.24. The summed E-state index contributed by atoms with van der Waals surface area (Å²) in [4.78, 5) is 0. The molecule has 1 aromatic carbocycles. The molecule has 2 rings (SSSR count). The third-order valence-electron chi connectivity index (χ3n) is 3.59. The first-order valence-corrected chi connectivity index (χ1v) is 6.54. The average molecular weight is 249 g/mol. The number of hydrogen-bond donors (Lipinski definition) is 1. The maximum Gasteiger partial charge on any atom is 0.101 e. The van der Waals surface area contributed by atoms with Gasteiger partial charge in [-0.25, -0.2) is 0 Å². The number of nitriles is 1. The van der Waals surface area contributed by atoms with Crippen LogP contribution in [0.15, 0.2) is 18.2 Å². The average Bonchev–Trinajstić information content (AvgIpc) is 2.83. The lowest BCUT2D eigenvalue weighted by Gasteiger charge is -2.22. The predicted octanol–water partition coefficient (Wildman–Crippen LogP) is 4.20. The van der Waals surface area contributed by atoms with Gasteiger partial charge in [0.25, 0.3) is 0 Å². The highest BCUT2D eigenvalue weighted by atomic mass is 35.5. The highest BCUT2D eigenvalue weighted by Gasteiger charge is 2.21. The first-order chi connectivity index (χ1) is 8.20. The highest BCUT2D eigenvalue weighted by Crippen LogP contribution is 2.30. The normalized spacial score (nSPS) is 17.7. The smallest absolute Gasteiger partial charge is 0.101 e. The fourth-order valence-corrected chi connectivity index (χ4v) is 2.73. The van der Waals surface area contributed by atoms with Crippen molar-refractivity contribution >= 4 is 17.3 Å². The van der Waals surface area contributed by atoms with Crippen molar-refractivity contribution in [3.63, 3.8) is 0 Å². The molecule has 0 aromatic heterocycles. The van der Waals surface area contributed by atoms with Crippen molar-refractivity contribution in [3.8, 4) is 6.07 Å². The number of rotatable bonds is 3. The molecule has 0 amide bonds. The summed E-state index contributed by atoms with van der Waals surface area (Å²) in [6.45, 7) is 2.19. The first-order valence-electron chi connectivity index (χ1n) is 6.17. The molecule has 1 aliphatic rings. The minimum absolute atomic E-state index is 0.406. The van der Waals surface area contributed by atoms with Gasteiger partial charge in [0.05, 0.1) is 11.3 Å². The summed E-state index contributed by atoms with van der Waals surface area (Å²) in [7, 11) is 0. The number of nitrogens with one attached hydrogen (secondary N) is 1. The molecule has 1 aliphatic carbocycles. The van der Waals surface area contributed by atoms with Crippen LogP contribution >= 0.6 is 11.6 Å². The van der Waals surface area contributed by atoms with Crippen molar-refractivity contribution in [3.05, 3.63) is 28.8 Å². The van der Waals surface area contributed by atoms with E-state index in [9.17, 15) is 0 Å². The maximum atomic E-state index is 9.05. The summed E-state index contributed by atoms with van der Waals surface area (Å²) in [5.74, 6) is 0.723. The zero-order valence-electron chi connectivity index (χ0n) is 10.0. The Balaban J connectivity index is 2.11. The second-order valence-electron chi connectivity index (χ2n) is 4.78. The van der Waals surface area contributed by atoms with Crippen molar-refractivity contribution in [2.45, 2.75) is 38.6 Å². The van der Waals surface area contributed by atoms with Gasteiger partial charge in [-0.05, 0) is 43.9 Å². The molecule has 1 unspecified atom stereocenters. The van der Waals surface area contributed by atoms with Gasteiger partial charge in [-0.3, -0.25) is 0 Å². The molecule has 17 heavy (non-hydrogen) atoms. The lowest BCUT2D eigenvalue weighted by molar-refractivity contribution is 0.482. The van der Waals surface area contributed by atoms with Gasteiger partial charge in [0.2, 0.25) is 0 Å². The summed E-state index contributed by atoms with van der Waals surface area (Å²) in [6.07, 6.45) is 5.24. The van der Waals surface area contributed by atoms with Crippen molar-refractivity contribution < 1.29 is 0 Å². The van der Waals surface area contributed by atoms with Gasteiger partial charge in [0.15, 0.2) is 0 Å². The Labute approximate surface area is 108 Å². The lowest BCUT2D eigenvalue weighted by atomic mass is 9.99. The Bertz CT molecular complexity index is 430. The van der Waals surface area contributed by atoms with Crippen molar-refractivity contribution in [1.82, 2.24) is 0 Å². The van der Waals surface area contributed by atoms with E-state index >= 15 is 0 Å². The van der Waals surface area contributed by atoms with Crippen LogP contribution in [0.3, 0.4) is 0 Å². The minimum Gasteiger partial charge on any atom is -0.381 e. The van der Waals surface area contributed by atoms with Crippen LogP contribution in [0.5, 0.6) is 0 Å². The zero-order chi connectivity index (χ0) is 12.3. The maximum absolute atomic E-state index is 9.05. The van der Waals surface area contributed by atoms with E-state index in [1.807, 2.05) is 6.07 Å². The highest BCUT2D eigenvalue weighted by molar-refractivity contribution is 6.30. The van der Waals surface area contributed by atoms with E-state index in [4.69, 9.17) is 16.9 Å². The fraction of sp³-hybridized carbons (Fsp3) is 0.500. The van der Waals surface area contributed by atoms with Gasteiger partial charge in [0.1, 0.15) is 6.07 Å². The first kappa shape index (κ1) is 12.3. The van der Waals surface area contributed by atoms with E-state index in [1.54, 1.807) is 12.1 Å². The van der Waals surface area contributed by atoms with Crippen LogP contribution in [0.1, 0.15) is 38.2 Å². The molecule has 1 aromatic rings. The van der Waals surface area contributed by atoms with Crippen LogP contribution in [-0.2, 0) is 0 Å². The van der Waals surface area contributed by atoms with Gasteiger partial charge in [0, 0.05) is 11.1 Å². The molecule has 2 nitrogen and oxygen atoms in total. The van der Waals surface area contributed by atoms with Crippen molar-refractivity contribution in [1.29, 1.82) is 5.26 Å². The molecule has 0 bridgehead atoms. The molecule has 0 saturated heterocycles. The molecule has 0 aliphatic heterocycles. The van der Waals surface area contributed by atoms with Crippen molar-refractivity contribution in [2.24, 2.45) is 5.92 Å². The van der Waals surface area contributed by atoms with E-state index in [0.717, 1.165) is 11.6 Å². The van der Waals surface area contributed by atoms with Gasteiger partial charge < -0.3 is 5.32 Å². The molecule has 1 fully saturated rings. The summed E-state index contributed by atoms with van der Waals surface area (Å²) in [5.41, 5.74) is 1.53. The molecule has 90 valence electrons. The van der Waals surface area contributed by atoms with Crippen LogP contribution in [0.4, 0.5) is 5.69 Å². The van der Waals surface area contributed by atoms with Crippen LogP contribution in [0.2, 0.25) is 5.02 Å². The molecule has 1 atom stereocenters. The van der Waals surface area contributed by atoms with E-state index in [0.29, 0.717) is 16.6 Å². The van der Waals surface area contributed by atoms with Gasteiger partial charge >= 0.3 is 0 Å². The topological polar surface area (TPSA) is 35.8 Å². The molecule has 3 heteroatoms. The van der Waals surface area contributed by atoms with Gasteiger partial charge in [-0.15, -0.1) is 0 Å². The Morgan fingerprint density at radius 3 is 2.76 bits per heavy atom. The monoisotopic (exact) mass is 248 g/mol. The van der Waals surface area contributed by atoms with E-state index in [2.05, 4.69) is 18.3 Å². The molecular weight excluding hydrogens is 232 g/mol. The van der Waals surface area contributed by atoms with Crippen molar-refractivity contribution in [2.75, 3.05) is 5.32 Å². The number of anilines is 1. The van der Waals surface area contributed by atoms with Crippen LogP contribution in [-0.4, -0.2) is 6.04 Å². The van der Waals surface area contributed by atoms with Crippen LogP contribution in [0, 0.1) is 17.2 Å². The summed E-state index contributed by atoms with van der Waals surface area (Å²) >= 11 is 5.97. The van der Waals surface area contributed by atoms with E-state index in [-0.39, 0.29) is 0 Å². The van der Waals surface area contributed by atoms with Gasteiger partial charge in [-0.1, -0.05) is 24.4 Å². The number of hydrogen-bond acceptors (Lipinski definition) is 2. The molecular formula is C14H17ClN2. The standard InChI is InChI=1S/C14H17ClN2/c1-10(11-4-2-3-5-11)17-14-8-13(15)7-6-12(14)9-16/h6-8,10-11,17H,2-5H2,1H3. The molecule has 0 radical (unpaired) electrons. The van der Waals surface area contributed by atoms with E-state index < -0.39 is 0 Å². The molecule has 1 saturated carbocycles. The summed E-state index contributed by atoms with van der Waals surface area (Å²) in [6, 6.07) is 7.97. The zero-order valence-corrected chi connectivity index (χ0v) is 10.8. The third kappa shape index (κ3) is 2.92. The molecule has 1 N–H and O–H groups in total. The summed E-state index contributed by atoms with van der Waals surface area (Å²) < 4.78 is 0. The minimum atomic E-state index is 0.406. The largest absolute Gasteiger partial charge is 0.381 e. The second-order valence-corrected chi connectivity index (χ2v) is 5.22. The van der Waals surface area contributed by atoms with Crippen LogP contribution < -0.4 is 5.32 Å². The van der Waals surface area contributed by atoms with Gasteiger partial charge in [-0.2, -0.15) is 5.26 Å². The Morgan fingerprint density at radius 2 is 2.12 bits per heavy atom. The Kier molecular flexibility index (Phi) is 3.91. The SMILES string of the molecule is CC(Nc1cc(Cl)ccc1C#N)C1CCCC1. The fourth-order valence-electron chi connectivity index (χ4n) is 2.55. The Morgan fingerprint density at radius 1 is 1.41 bits per heavy atom. The number of nitrogens with zero attached hydrogens (tertiary/aromatic N) is 1. The molecule has 0 spiro atoms. The molecule has 0 heterocycles. The quantitative estimate of drug-likeness (QED) is 0.870. The van der Waals surface area contributed by atoms with Crippen LogP contribution in [0.25, 0.3) is 0 Å². The Hall–Kier alpha value is -1.20.